The molecule has 4 nitrogen and oxygen atoms in total. The highest BCUT2D eigenvalue weighted by Gasteiger charge is 2.13. The summed E-state index contributed by atoms with van der Waals surface area (Å²) in [5.74, 6) is 0.436. The van der Waals surface area contributed by atoms with E-state index in [0.29, 0.717) is 11.4 Å². The van der Waals surface area contributed by atoms with Crippen LogP contribution < -0.4 is 5.32 Å². The lowest BCUT2D eigenvalue weighted by Crippen LogP contribution is -2.34. The fraction of sp³-hybridized carbons (Fsp3) is 0.333. The molecule has 1 aromatic carbocycles. The molecule has 1 N–H and O–H groups in total. The van der Waals surface area contributed by atoms with Crippen molar-refractivity contribution in [1.82, 2.24) is 15.1 Å². The van der Waals surface area contributed by atoms with Crippen LogP contribution in [0, 0.1) is 0 Å². The third-order valence-electron chi connectivity index (χ3n) is 3.15. The number of nitrogens with one attached hydrogen (secondary N) is 1. The van der Waals surface area contributed by atoms with Crippen LogP contribution in [0.5, 0.6) is 0 Å². The largest absolute Gasteiger partial charge is 0.349 e. The Balaban J connectivity index is 2.07. The van der Waals surface area contributed by atoms with Gasteiger partial charge >= 0.3 is 0 Å². The highest BCUT2D eigenvalue weighted by molar-refractivity contribution is 6.17. The summed E-state index contributed by atoms with van der Waals surface area (Å²) < 4.78 is 1.69. The number of halogens is 1. The zero-order valence-electron chi connectivity index (χ0n) is 11.4. The number of amides is 1. The number of aromatic nitrogens is 2. The van der Waals surface area contributed by atoms with Crippen molar-refractivity contribution in [2.24, 2.45) is 0 Å². The summed E-state index contributed by atoms with van der Waals surface area (Å²) in [6.45, 7) is 2.03. The third-order valence-corrected chi connectivity index (χ3v) is 3.37. The standard InChI is InChI=1S/C15H18ClN3O/c1-2-13(8-9-16)18-15(20)12-10-17-19(11-12)14-6-4-3-5-7-14/h3-7,10-11,13H,2,8-9H2,1H3,(H,18,20). The van der Waals surface area contributed by atoms with Crippen LogP contribution >= 0.6 is 11.6 Å². The number of hydrogen-bond acceptors (Lipinski definition) is 2. The van der Waals surface area contributed by atoms with Crippen LogP contribution in [0.15, 0.2) is 42.7 Å². The normalized spacial score (nSPS) is 12.1. The van der Waals surface area contributed by atoms with Gasteiger partial charge in [0.2, 0.25) is 0 Å². The van der Waals surface area contributed by atoms with Gasteiger partial charge < -0.3 is 5.32 Å². The predicted molar refractivity (Wildman–Crippen MR) is 80.4 cm³/mol. The highest BCUT2D eigenvalue weighted by Crippen LogP contribution is 2.08. The molecule has 2 aromatic rings. The molecule has 0 aliphatic carbocycles. The Morgan fingerprint density at radius 3 is 2.80 bits per heavy atom. The summed E-state index contributed by atoms with van der Waals surface area (Å²) in [4.78, 5) is 12.1. The third kappa shape index (κ3) is 3.61. The van der Waals surface area contributed by atoms with Gasteiger partial charge in [-0.2, -0.15) is 5.10 Å². The molecule has 1 unspecified atom stereocenters. The number of nitrogens with zero attached hydrogens (tertiary/aromatic N) is 2. The molecule has 0 fully saturated rings. The summed E-state index contributed by atoms with van der Waals surface area (Å²) in [7, 11) is 0. The molecule has 2 rings (SSSR count). The number of benzene rings is 1. The summed E-state index contributed by atoms with van der Waals surface area (Å²) >= 11 is 5.72. The Hall–Kier alpha value is -1.81. The van der Waals surface area contributed by atoms with Crippen molar-refractivity contribution in [3.63, 3.8) is 0 Å². The summed E-state index contributed by atoms with van der Waals surface area (Å²) in [6, 6.07) is 9.81. The molecule has 0 saturated carbocycles. The molecule has 0 aliphatic heterocycles. The minimum atomic E-state index is -0.107. The van der Waals surface area contributed by atoms with Gasteiger partial charge in [-0.3, -0.25) is 4.79 Å². The molecule has 0 radical (unpaired) electrons. The van der Waals surface area contributed by atoms with Gasteiger partial charge in [0, 0.05) is 18.1 Å². The van der Waals surface area contributed by atoms with Gasteiger partial charge in [-0.05, 0) is 25.0 Å². The van der Waals surface area contributed by atoms with Crippen LogP contribution in [0.4, 0.5) is 0 Å². The van der Waals surface area contributed by atoms with E-state index in [1.807, 2.05) is 37.3 Å². The van der Waals surface area contributed by atoms with Gasteiger partial charge in [-0.15, -0.1) is 11.6 Å². The van der Waals surface area contributed by atoms with Gasteiger partial charge in [0.1, 0.15) is 0 Å². The molecule has 0 bridgehead atoms. The van der Waals surface area contributed by atoms with E-state index in [2.05, 4.69) is 10.4 Å². The first-order valence-electron chi connectivity index (χ1n) is 6.71. The second kappa shape index (κ2) is 7.10. The number of carbonyl (C=O) groups is 1. The van der Waals surface area contributed by atoms with Gasteiger partial charge in [-0.25, -0.2) is 4.68 Å². The molecular weight excluding hydrogens is 274 g/mol. The molecule has 1 amide bonds. The molecular formula is C15H18ClN3O. The lowest BCUT2D eigenvalue weighted by atomic mass is 10.1. The highest BCUT2D eigenvalue weighted by atomic mass is 35.5. The summed E-state index contributed by atoms with van der Waals surface area (Å²) in [5, 5.41) is 7.19. The molecule has 5 heteroatoms. The van der Waals surface area contributed by atoms with E-state index in [1.165, 1.54) is 0 Å². The van der Waals surface area contributed by atoms with Gasteiger partial charge in [0.05, 0.1) is 17.4 Å². The Kier molecular flexibility index (Phi) is 5.18. The second-order valence-electron chi connectivity index (χ2n) is 4.57. The lowest BCUT2D eigenvalue weighted by Gasteiger charge is -2.14. The van der Waals surface area contributed by atoms with Crippen molar-refractivity contribution in [1.29, 1.82) is 0 Å². The molecule has 0 aliphatic rings. The van der Waals surface area contributed by atoms with E-state index in [0.717, 1.165) is 18.5 Å². The van der Waals surface area contributed by atoms with E-state index >= 15 is 0 Å². The van der Waals surface area contributed by atoms with Crippen LogP contribution in [-0.4, -0.2) is 27.6 Å². The Labute approximate surface area is 123 Å². The van der Waals surface area contributed by atoms with Crippen LogP contribution in [0.3, 0.4) is 0 Å². The number of hydrogen-bond donors (Lipinski definition) is 1. The monoisotopic (exact) mass is 291 g/mol. The van der Waals surface area contributed by atoms with Crippen molar-refractivity contribution >= 4 is 17.5 Å². The Bertz CT molecular complexity index is 553. The van der Waals surface area contributed by atoms with Crippen molar-refractivity contribution in [3.05, 3.63) is 48.3 Å². The molecule has 0 saturated heterocycles. The first-order valence-corrected chi connectivity index (χ1v) is 7.25. The maximum absolute atomic E-state index is 12.1. The average Bonchev–Trinajstić information content (AvgIpc) is 2.97. The SMILES string of the molecule is CCC(CCCl)NC(=O)c1cnn(-c2ccccc2)c1. The van der Waals surface area contributed by atoms with Crippen molar-refractivity contribution in [2.75, 3.05) is 5.88 Å². The minimum absolute atomic E-state index is 0.107. The van der Waals surface area contributed by atoms with Crippen LogP contribution in [0.2, 0.25) is 0 Å². The summed E-state index contributed by atoms with van der Waals surface area (Å²) in [6.07, 6.45) is 4.95. The molecule has 1 heterocycles. The Morgan fingerprint density at radius 2 is 2.15 bits per heavy atom. The maximum Gasteiger partial charge on any atom is 0.254 e. The van der Waals surface area contributed by atoms with Crippen molar-refractivity contribution in [3.8, 4) is 5.69 Å². The zero-order chi connectivity index (χ0) is 14.4. The van der Waals surface area contributed by atoms with E-state index in [-0.39, 0.29) is 11.9 Å². The molecule has 20 heavy (non-hydrogen) atoms. The number of rotatable bonds is 6. The van der Waals surface area contributed by atoms with Gasteiger partial charge in [0.25, 0.3) is 5.91 Å². The first kappa shape index (κ1) is 14.6. The lowest BCUT2D eigenvalue weighted by molar-refractivity contribution is 0.0935. The first-order chi connectivity index (χ1) is 9.74. The molecule has 1 aromatic heterocycles. The zero-order valence-corrected chi connectivity index (χ0v) is 12.2. The fourth-order valence-electron chi connectivity index (χ4n) is 1.94. The van der Waals surface area contributed by atoms with Gasteiger partial charge in [-0.1, -0.05) is 25.1 Å². The summed E-state index contributed by atoms with van der Waals surface area (Å²) in [5.41, 5.74) is 1.49. The maximum atomic E-state index is 12.1. The van der Waals surface area contributed by atoms with Crippen molar-refractivity contribution in [2.45, 2.75) is 25.8 Å². The van der Waals surface area contributed by atoms with Gasteiger partial charge in [0.15, 0.2) is 0 Å². The quantitative estimate of drug-likeness (QED) is 0.832. The van der Waals surface area contributed by atoms with E-state index in [9.17, 15) is 4.79 Å². The topological polar surface area (TPSA) is 46.9 Å². The van der Waals surface area contributed by atoms with Crippen LogP contribution in [-0.2, 0) is 0 Å². The van der Waals surface area contributed by atoms with E-state index in [1.54, 1.807) is 17.1 Å². The molecule has 0 spiro atoms. The average molecular weight is 292 g/mol. The minimum Gasteiger partial charge on any atom is -0.349 e. The van der Waals surface area contributed by atoms with E-state index in [4.69, 9.17) is 11.6 Å². The van der Waals surface area contributed by atoms with Crippen LogP contribution in [0.1, 0.15) is 30.1 Å². The number of para-hydroxylation sites is 1. The molecule has 1 atom stereocenters. The van der Waals surface area contributed by atoms with Crippen molar-refractivity contribution < 1.29 is 4.79 Å². The fourth-order valence-corrected chi connectivity index (χ4v) is 2.20. The predicted octanol–water partition coefficient (Wildman–Crippen LogP) is 3.01. The number of carbonyl (C=O) groups excluding carboxylic acids is 1. The second-order valence-corrected chi connectivity index (χ2v) is 4.94. The smallest absolute Gasteiger partial charge is 0.254 e. The van der Waals surface area contributed by atoms with Crippen LogP contribution in [0.25, 0.3) is 5.69 Å². The van der Waals surface area contributed by atoms with E-state index < -0.39 is 0 Å². The number of alkyl halides is 1. The Morgan fingerprint density at radius 1 is 1.40 bits per heavy atom. The molecule has 106 valence electrons.